The molecule has 200 valence electrons. The lowest BCUT2D eigenvalue weighted by atomic mass is 10.1. The molecule has 0 aliphatic carbocycles. The molecule has 0 saturated carbocycles. The van der Waals surface area contributed by atoms with Gasteiger partial charge in [0.15, 0.2) is 0 Å². The summed E-state index contributed by atoms with van der Waals surface area (Å²) in [5.41, 5.74) is 2.71. The molecule has 3 aromatic carbocycles. The summed E-state index contributed by atoms with van der Waals surface area (Å²) in [6.07, 6.45) is 0.651. The smallest absolute Gasteiger partial charge is 0.241 e. The van der Waals surface area contributed by atoms with Crippen LogP contribution in [0, 0.1) is 0 Å². The summed E-state index contributed by atoms with van der Waals surface area (Å²) >= 11 is 0. The number of benzene rings is 3. The van der Waals surface area contributed by atoms with Crippen molar-refractivity contribution in [2.75, 3.05) is 13.2 Å². The van der Waals surface area contributed by atoms with Crippen LogP contribution in [0.3, 0.4) is 0 Å². The molecule has 5 rings (SSSR count). The molecule has 2 saturated heterocycles. The van der Waals surface area contributed by atoms with Gasteiger partial charge in [-0.25, -0.2) is 13.1 Å². The first-order valence-corrected chi connectivity index (χ1v) is 14.3. The van der Waals surface area contributed by atoms with Gasteiger partial charge in [0.25, 0.3) is 0 Å². The number of nitrogens with one attached hydrogen (secondary N) is 1. The van der Waals surface area contributed by atoms with Crippen LogP contribution >= 0.6 is 0 Å². The Balaban J connectivity index is 1.21. The highest BCUT2D eigenvalue weighted by Gasteiger charge is 2.51. The van der Waals surface area contributed by atoms with E-state index in [0.29, 0.717) is 31.8 Å². The fourth-order valence-electron chi connectivity index (χ4n) is 4.97. The standard InChI is InChI=1S/C30H33NO6S/c1-2-24-15-9-10-16-28(24)38(32,33)31-18-25-17-26-30(36-25)29(35-20-23-13-7-4-8-14-23)27(37-26)21-34-19-22-11-5-3-6-12-22/h2-16,25-27,29-31H,1,17-21H2/t25-,26+,27-,29-,30-/m1/s1. The first-order valence-electron chi connectivity index (χ1n) is 12.8. The summed E-state index contributed by atoms with van der Waals surface area (Å²) in [7, 11) is -3.72. The molecule has 2 aliphatic heterocycles. The number of rotatable bonds is 12. The SMILES string of the molecule is C=Cc1ccccc1S(=O)(=O)NC[C@H]1C[C@@H]2O[C@H](COCc3ccccc3)[C@@H](OCc3ccccc3)[C@@H]2O1. The van der Waals surface area contributed by atoms with Crippen molar-refractivity contribution >= 4 is 16.1 Å². The van der Waals surface area contributed by atoms with Gasteiger partial charge in [-0.05, 0) is 22.8 Å². The van der Waals surface area contributed by atoms with E-state index in [9.17, 15) is 8.42 Å². The molecule has 0 bridgehead atoms. The van der Waals surface area contributed by atoms with Crippen LogP contribution in [0.4, 0.5) is 0 Å². The molecular formula is C30H33NO6S. The van der Waals surface area contributed by atoms with Gasteiger partial charge in [0.05, 0.1) is 36.9 Å². The minimum Gasteiger partial charge on any atom is -0.374 e. The van der Waals surface area contributed by atoms with Gasteiger partial charge < -0.3 is 18.9 Å². The van der Waals surface area contributed by atoms with Gasteiger partial charge in [0.2, 0.25) is 10.0 Å². The van der Waals surface area contributed by atoms with Crippen molar-refractivity contribution in [1.82, 2.24) is 4.72 Å². The molecule has 2 fully saturated rings. The van der Waals surface area contributed by atoms with Crippen molar-refractivity contribution in [3.05, 3.63) is 108 Å². The van der Waals surface area contributed by atoms with Gasteiger partial charge in [-0.15, -0.1) is 0 Å². The molecule has 7 nitrogen and oxygen atoms in total. The first kappa shape index (κ1) is 26.7. The average molecular weight is 536 g/mol. The molecule has 2 aliphatic rings. The Morgan fingerprint density at radius 3 is 2.26 bits per heavy atom. The zero-order valence-electron chi connectivity index (χ0n) is 21.1. The highest BCUT2D eigenvalue weighted by Crippen LogP contribution is 2.36. The topological polar surface area (TPSA) is 83.1 Å². The predicted molar refractivity (Wildman–Crippen MR) is 145 cm³/mol. The van der Waals surface area contributed by atoms with Gasteiger partial charge >= 0.3 is 0 Å². The van der Waals surface area contributed by atoms with Gasteiger partial charge in [-0.3, -0.25) is 0 Å². The summed E-state index contributed by atoms with van der Waals surface area (Å²) in [6, 6.07) is 26.7. The lowest BCUT2D eigenvalue weighted by molar-refractivity contribution is -0.100. The molecule has 0 unspecified atom stereocenters. The molecule has 0 amide bonds. The fraction of sp³-hybridized carbons (Fsp3) is 0.333. The number of hydrogen-bond acceptors (Lipinski definition) is 6. The Hall–Kier alpha value is -2.85. The third kappa shape index (κ3) is 6.40. The Morgan fingerprint density at radius 2 is 1.55 bits per heavy atom. The first-order chi connectivity index (χ1) is 18.5. The van der Waals surface area contributed by atoms with E-state index >= 15 is 0 Å². The third-order valence-corrected chi connectivity index (χ3v) is 8.36. The molecule has 3 aromatic rings. The number of hydrogen-bond donors (Lipinski definition) is 1. The van der Waals surface area contributed by atoms with Crippen LogP contribution in [0.5, 0.6) is 0 Å². The van der Waals surface area contributed by atoms with E-state index in [1.807, 2.05) is 60.7 Å². The fourth-order valence-corrected chi connectivity index (χ4v) is 6.25. The molecule has 0 aromatic heterocycles. The molecule has 5 atom stereocenters. The van der Waals surface area contributed by atoms with Crippen LogP contribution in [-0.2, 0) is 42.2 Å². The highest BCUT2D eigenvalue weighted by molar-refractivity contribution is 7.89. The van der Waals surface area contributed by atoms with E-state index < -0.39 is 10.0 Å². The highest BCUT2D eigenvalue weighted by atomic mass is 32.2. The maximum Gasteiger partial charge on any atom is 0.241 e. The number of fused-ring (bicyclic) bond motifs is 1. The van der Waals surface area contributed by atoms with Crippen molar-refractivity contribution in [1.29, 1.82) is 0 Å². The van der Waals surface area contributed by atoms with Gasteiger partial charge in [0, 0.05) is 13.0 Å². The Morgan fingerprint density at radius 1 is 0.895 bits per heavy atom. The van der Waals surface area contributed by atoms with Gasteiger partial charge in [-0.1, -0.05) is 91.5 Å². The van der Waals surface area contributed by atoms with E-state index in [4.69, 9.17) is 18.9 Å². The average Bonchev–Trinajstić information content (AvgIpc) is 3.49. The quantitative estimate of drug-likeness (QED) is 0.372. The van der Waals surface area contributed by atoms with Crippen LogP contribution < -0.4 is 4.72 Å². The van der Waals surface area contributed by atoms with Crippen LogP contribution in [0.25, 0.3) is 6.08 Å². The summed E-state index contributed by atoms with van der Waals surface area (Å²) in [6.45, 7) is 5.14. The molecular weight excluding hydrogens is 502 g/mol. The number of ether oxygens (including phenoxy) is 4. The van der Waals surface area contributed by atoms with E-state index in [2.05, 4.69) is 11.3 Å². The molecule has 2 heterocycles. The molecule has 8 heteroatoms. The van der Waals surface area contributed by atoms with Crippen LogP contribution in [0.2, 0.25) is 0 Å². The second kappa shape index (κ2) is 12.3. The Bertz CT molecular complexity index is 1300. The van der Waals surface area contributed by atoms with Crippen LogP contribution in [-0.4, -0.2) is 52.1 Å². The van der Waals surface area contributed by atoms with Crippen LogP contribution in [0.15, 0.2) is 96.4 Å². The summed E-state index contributed by atoms with van der Waals surface area (Å²) in [5, 5.41) is 0. The summed E-state index contributed by atoms with van der Waals surface area (Å²) in [5.74, 6) is 0. The molecule has 0 spiro atoms. The van der Waals surface area contributed by atoms with Crippen LogP contribution in [0.1, 0.15) is 23.1 Å². The minimum atomic E-state index is -3.72. The zero-order valence-corrected chi connectivity index (χ0v) is 22.0. The van der Waals surface area contributed by atoms with E-state index in [0.717, 1.165) is 11.1 Å². The third-order valence-electron chi connectivity index (χ3n) is 6.86. The summed E-state index contributed by atoms with van der Waals surface area (Å²) in [4.78, 5) is 0.198. The van der Waals surface area contributed by atoms with E-state index in [1.54, 1.807) is 24.3 Å². The maximum atomic E-state index is 12.9. The van der Waals surface area contributed by atoms with Crippen molar-refractivity contribution in [2.45, 2.75) is 55.0 Å². The Kier molecular flexibility index (Phi) is 8.68. The largest absolute Gasteiger partial charge is 0.374 e. The molecule has 38 heavy (non-hydrogen) atoms. The molecule has 1 N–H and O–H groups in total. The Labute approximate surface area is 224 Å². The zero-order chi connectivity index (χ0) is 26.4. The van der Waals surface area contributed by atoms with E-state index in [-0.39, 0.29) is 42.0 Å². The monoisotopic (exact) mass is 535 g/mol. The second-order valence-corrected chi connectivity index (χ2v) is 11.3. The van der Waals surface area contributed by atoms with Crippen molar-refractivity contribution in [2.24, 2.45) is 0 Å². The normalized spacial score (nSPS) is 24.8. The maximum absolute atomic E-state index is 12.9. The lowest BCUT2D eigenvalue weighted by Gasteiger charge is -2.24. The molecule has 0 radical (unpaired) electrons. The van der Waals surface area contributed by atoms with Gasteiger partial charge in [0.1, 0.15) is 18.3 Å². The van der Waals surface area contributed by atoms with Crippen molar-refractivity contribution in [3.8, 4) is 0 Å². The second-order valence-electron chi connectivity index (χ2n) is 9.53. The summed E-state index contributed by atoms with van der Waals surface area (Å²) < 4.78 is 53.5. The van der Waals surface area contributed by atoms with Crippen molar-refractivity contribution < 1.29 is 27.4 Å². The lowest BCUT2D eigenvalue weighted by Crippen LogP contribution is -2.39. The van der Waals surface area contributed by atoms with Gasteiger partial charge in [-0.2, -0.15) is 0 Å². The minimum absolute atomic E-state index is 0.144. The number of sulfonamides is 1. The predicted octanol–water partition coefficient (Wildman–Crippen LogP) is 4.34. The van der Waals surface area contributed by atoms with E-state index in [1.165, 1.54) is 6.08 Å². The van der Waals surface area contributed by atoms with Crippen molar-refractivity contribution in [3.63, 3.8) is 0 Å².